The molecule has 0 amide bonds. The summed E-state index contributed by atoms with van der Waals surface area (Å²) in [7, 11) is 0. The molecule has 0 aliphatic carbocycles. The third-order valence-electron chi connectivity index (χ3n) is 1.88. The van der Waals surface area contributed by atoms with Gasteiger partial charge in [0.25, 0.3) is 5.69 Å². The first kappa shape index (κ1) is 11.1. The van der Waals surface area contributed by atoms with Crippen molar-refractivity contribution >= 4 is 34.6 Å². The number of nitro groups is 1. The molecule has 0 aromatic heterocycles. The molecular weight excluding hydrogens is 297 g/mol. The van der Waals surface area contributed by atoms with E-state index in [1.807, 2.05) is 22.6 Å². The second kappa shape index (κ2) is 4.50. The molecule has 0 N–H and O–H groups in total. The van der Waals surface area contributed by atoms with E-state index in [1.165, 1.54) is 6.07 Å². The van der Waals surface area contributed by atoms with Crippen molar-refractivity contribution in [2.45, 2.75) is 12.8 Å². The number of halogens is 1. The van der Waals surface area contributed by atoms with Crippen LogP contribution in [0.25, 0.3) is 0 Å². The van der Waals surface area contributed by atoms with Crippen molar-refractivity contribution in [3.63, 3.8) is 0 Å². The Morgan fingerprint density at radius 2 is 2.21 bits per heavy atom. The summed E-state index contributed by atoms with van der Waals surface area (Å²) in [6.07, 6.45) is 0.704. The van der Waals surface area contributed by atoms with Gasteiger partial charge in [-0.1, -0.05) is 13.0 Å². The number of carbonyl (C=O) groups excluding carboxylic acids is 1. The van der Waals surface area contributed by atoms with Crippen molar-refractivity contribution in [3.8, 4) is 0 Å². The highest BCUT2D eigenvalue weighted by molar-refractivity contribution is 14.1. The van der Waals surface area contributed by atoms with E-state index < -0.39 is 10.8 Å². The van der Waals surface area contributed by atoms with Crippen LogP contribution in [0.4, 0.5) is 5.69 Å². The number of benzene rings is 1. The third kappa shape index (κ3) is 2.28. The lowest BCUT2D eigenvalue weighted by atomic mass is 10.0. The highest BCUT2D eigenvalue weighted by Crippen LogP contribution is 2.26. The van der Waals surface area contributed by atoms with E-state index in [-0.39, 0.29) is 5.69 Å². The first-order valence-corrected chi connectivity index (χ1v) is 5.03. The molecule has 1 aromatic rings. The minimum absolute atomic E-state index is 0.0106. The second-order valence-corrected chi connectivity index (χ2v) is 4.13. The number of nitro benzene ring substituents is 1. The maximum Gasteiger partial charge on any atom is 0.274 e. The lowest BCUT2D eigenvalue weighted by Crippen LogP contribution is -2.01. The van der Waals surface area contributed by atoms with Crippen molar-refractivity contribution in [1.29, 1.82) is 0 Å². The lowest BCUT2D eigenvalue weighted by Gasteiger charge is -2.05. The number of hydrogen-bond acceptors (Lipinski definition) is 3. The van der Waals surface area contributed by atoms with Gasteiger partial charge in [-0.15, -0.1) is 0 Å². The molecule has 1 rings (SSSR count). The van der Waals surface area contributed by atoms with E-state index in [0.29, 0.717) is 11.8 Å². The molecule has 5 heteroatoms. The van der Waals surface area contributed by atoms with Gasteiger partial charge < -0.3 is 4.79 Å². The van der Waals surface area contributed by atoms with E-state index in [1.54, 1.807) is 19.1 Å². The number of carbonyl (C=O) groups is 1. The first-order chi connectivity index (χ1) is 6.56. The van der Waals surface area contributed by atoms with Crippen LogP contribution in [0.1, 0.15) is 18.4 Å². The standard InChI is InChI=1S/C9H8INO3/c1-6(5-12)8-3-2-7(10)4-9(8)11(13)14/h2-6H,1H3. The number of hydrogen-bond donors (Lipinski definition) is 0. The molecule has 0 bridgehead atoms. The molecule has 74 valence electrons. The molecule has 1 aromatic carbocycles. The molecule has 1 unspecified atom stereocenters. The van der Waals surface area contributed by atoms with Crippen LogP contribution in [0.3, 0.4) is 0 Å². The summed E-state index contributed by atoms with van der Waals surface area (Å²) in [6, 6.07) is 4.84. The molecule has 4 nitrogen and oxygen atoms in total. The van der Waals surface area contributed by atoms with Crippen molar-refractivity contribution in [2.75, 3.05) is 0 Å². The Bertz CT molecular complexity index is 378. The van der Waals surface area contributed by atoms with E-state index in [4.69, 9.17) is 0 Å². The molecule has 0 saturated heterocycles. The van der Waals surface area contributed by atoms with Gasteiger partial charge in [0, 0.05) is 21.1 Å². The van der Waals surface area contributed by atoms with E-state index in [9.17, 15) is 14.9 Å². The lowest BCUT2D eigenvalue weighted by molar-refractivity contribution is -0.385. The minimum Gasteiger partial charge on any atom is -0.303 e. The van der Waals surface area contributed by atoms with Gasteiger partial charge in [0.15, 0.2) is 0 Å². The molecule has 0 spiro atoms. The normalized spacial score (nSPS) is 12.1. The summed E-state index contributed by atoms with van der Waals surface area (Å²) in [5.41, 5.74) is 0.474. The monoisotopic (exact) mass is 305 g/mol. The average molecular weight is 305 g/mol. The maximum atomic E-state index is 10.7. The Hall–Kier alpha value is -0.980. The average Bonchev–Trinajstić information content (AvgIpc) is 2.16. The molecular formula is C9H8INO3. The van der Waals surface area contributed by atoms with Crippen LogP contribution in [0, 0.1) is 13.7 Å². The van der Waals surface area contributed by atoms with Gasteiger partial charge in [-0.3, -0.25) is 10.1 Å². The first-order valence-electron chi connectivity index (χ1n) is 3.95. The predicted molar refractivity (Wildman–Crippen MR) is 60.3 cm³/mol. The predicted octanol–water partition coefficient (Wildman–Crippen LogP) is 2.50. The van der Waals surface area contributed by atoms with Crippen LogP contribution < -0.4 is 0 Å². The van der Waals surface area contributed by atoms with Crippen molar-refractivity contribution in [1.82, 2.24) is 0 Å². The summed E-state index contributed by atoms with van der Waals surface area (Å²) in [5, 5.41) is 10.7. The largest absolute Gasteiger partial charge is 0.303 e. The van der Waals surface area contributed by atoms with Crippen molar-refractivity contribution in [2.24, 2.45) is 0 Å². The van der Waals surface area contributed by atoms with Crippen LogP contribution in [-0.4, -0.2) is 11.2 Å². The quantitative estimate of drug-likeness (QED) is 0.373. The molecule has 0 aliphatic heterocycles. The van der Waals surface area contributed by atoms with E-state index in [2.05, 4.69) is 0 Å². The number of aldehydes is 1. The zero-order valence-electron chi connectivity index (χ0n) is 7.44. The van der Waals surface area contributed by atoms with Gasteiger partial charge in [-0.2, -0.15) is 0 Å². The maximum absolute atomic E-state index is 10.7. The fourth-order valence-electron chi connectivity index (χ4n) is 1.13. The zero-order chi connectivity index (χ0) is 10.7. The number of nitrogens with zero attached hydrogens (tertiary/aromatic N) is 1. The molecule has 0 radical (unpaired) electrons. The molecule has 0 heterocycles. The highest BCUT2D eigenvalue weighted by Gasteiger charge is 2.18. The van der Waals surface area contributed by atoms with Crippen molar-refractivity contribution in [3.05, 3.63) is 37.4 Å². The summed E-state index contributed by atoms with van der Waals surface area (Å²) in [4.78, 5) is 20.8. The van der Waals surface area contributed by atoms with Gasteiger partial charge in [0.05, 0.1) is 4.92 Å². The van der Waals surface area contributed by atoms with Gasteiger partial charge in [-0.05, 0) is 28.7 Å². The number of rotatable bonds is 3. The summed E-state index contributed by atoms with van der Waals surface area (Å²) < 4.78 is 0.788. The SMILES string of the molecule is CC(C=O)c1ccc(I)cc1[N+](=O)[O-]. The Morgan fingerprint density at radius 3 is 2.71 bits per heavy atom. The minimum atomic E-state index is -0.461. The summed E-state index contributed by atoms with van der Waals surface area (Å²) >= 11 is 2.00. The fourth-order valence-corrected chi connectivity index (χ4v) is 1.61. The Labute approximate surface area is 94.6 Å². The Balaban J connectivity index is 3.28. The molecule has 0 aliphatic rings. The van der Waals surface area contributed by atoms with Gasteiger partial charge in [-0.25, -0.2) is 0 Å². The van der Waals surface area contributed by atoms with Crippen molar-refractivity contribution < 1.29 is 9.72 Å². The fraction of sp³-hybridized carbons (Fsp3) is 0.222. The molecule has 0 saturated carbocycles. The van der Waals surface area contributed by atoms with Crippen LogP contribution >= 0.6 is 22.6 Å². The third-order valence-corrected chi connectivity index (χ3v) is 2.55. The van der Waals surface area contributed by atoms with E-state index in [0.717, 1.165) is 3.57 Å². The van der Waals surface area contributed by atoms with E-state index >= 15 is 0 Å². The second-order valence-electron chi connectivity index (χ2n) is 2.89. The Morgan fingerprint density at radius 1 is 1.57 bits per heavy atom. The summed E-state index contributed by atoms with van der Waals surface area (Å²) in [6.45, 7) is 1.64. The van der Waals surface area contributed by atoms with Gasteiger partial charge in [0.2, 0.25) is 0 Å². The van der Waals surface area contributed by atoms with Crippen LogP contribution in [0.2, 0.25) is 0 Å². The molecule has 0 fully saturated rings. The van der Waals surface area contributed by atoms with Crippen LogP contribution in [0.15, 0.2) is 18.2 Å². The van der Waals surface area contributed by atoms with Gasteiger partial charge in [0.1, 0.15) is 6.29 Å². The molecule has 1 atom stereocenters. The molecule has 14 heavy (non-hydrogen) atoms. The van der Waals surface area contributed by atoms with Gasteiger partial charge >= 0.3 is 0 Å². The summed E-state index contributed by atoms with van der Waals surface area (Å²) in [5.74, 6) is -0.438. The topological polar surface area (TPSA) is 60.2 Å². The smallest absolute Gasteiger partial charge is 0.274 e. The Kier molecular flexibility index (Phi) is 3.56. The van der Waals surface area contributed by atoms with Crippen LogP contribution in [0.5, 0.6) is 0 Å². The highest BCUT2D eigenvalue weighted by atomic mass is 127. The van der Waals surface area contributed by atoms with Crippen LogP contribution in [-0.2, 0) is 4.79 Å². The zero-order valence-corrected chi connectivity index (χ0v) is 9.59.